The van der Waals surface area contributed by atoms with Crippen LogP contribution in [0.2, 0.25) is 0 Å². The first-order valence-electron chi connectivity index (χ1n) is 9.07. The van der Waals surface area contributed by atoms with E-state index >= 15 is 0 Å². The second-order valence-corrected chi connectivity index (χ2v) is 6.49. The van der Waals surface area contributed by atoms with Gasteiger partial charge in [-0.05, 0) is 25.0 Å². The zero-order valence-corrected chi connectivity index (χ0v) is 15.9. The summed E-state index contributed by atoms with van der Waals surface area (Å²) >= 11 is 0. The minimum absolute atomic E-state index is 0.152. The molecule has 3 heteroatoms. The van der Waals surface area contributed by atoms with E-state index in [0.29, 0.717) is 12.8 Å². The van der Waals surface area contributed by atoms with Crippen LogP contribution >= 0.6 is 0 Å². The van der Waals surface area contributed by atoms with Gasteiger partial charge < -0.3 is 14.9 Å². The Bertz CT molecular complexity index is 743. The summed E-state index contributed by atoms with van der Waals surface area (Å²) in [7, 11) is 0. The Hall–Kier alpha value is -2.56. The molecular formula is C24H26O3. The van der Waals surface area contributed by atoms with Gasteiger partial charge >= 0.3 is 0 Å². The molecule has 0 spiro atoms. The minimum atomic E-state index is -1.12. The molecule has 0 amide bonds. The Kier molecular flexibility index (Phi) is 8.62. The van der Waals surface area contributed by atoms with Crippen molar-refractivity contribution in [2.75, 3.05) is 0 Å². The van der Waals surface area contributed by atoms with Crippen LogP contribution in [0.4, 0.5) is 0 Å². The van der Waals surface area contributed by atoms with E-state index in [1.807, 2.05) is 62.4 Å². The van der Waals surface area contributed by atoms with Crippen molar-refractivity contribution < 1.29 is 14.9 Å². The van der Waals surface area contributed by atoms with Gasteiger partial charge in [0.15, 0.2) is 12.6 Å². The number of aliphatic hydroxyl groups is 2. The maximum Gasteiger partial charge on any atom is 0.168 e. The van der Waals surface area contributed by atoms with Crippen molar-refractivity contribution in [2.45, 2.75) is 52.1 Å². The fourth-order valence-corrected chi connectivity index (χ4v) is 2.34. The molecule has 0 radical (unpaired) electrons. The van der Waals surface area contributed by atoms with Crippen molar-refractivity contribution in [1.29, 1.82) is 0 Å². The molecule has 0 saturated carbocycles. The van der Waals surface area contributed by atoms with E-state index < -0.39 is 12.6 Å². The van der Waals surface area contributed by atoms with Crippen LogP contribution in [-0.2, 0) is 17.6 Å². The number of hydrogen-bond acceptors (Lipinski definition) is 3. The van der Waals surface area contributed by atoms with Crippen molar-refractivity contribution in [3.63, 3.8) is 0 Å². The Morgan fingerprint density at radius 1 is 0.667 bits per heavy atom. The van der Waals surface area contributed by atoms with Crippen molar-refractivity contribution in [3.05, 3.63) is 70.8 Å². The molecule has 2 aromatic rings. The average molecular weight is 362 g/mol. The second-order valence-electron chi connectivity index (χ2n) is 6.49. The van der Waals surface area contributed by atoms with Gasteiger partial charge in [-0.1, -0.05) is 83.3 Å². The van der Waals surface area contributed by atoms with E-state index in [1.165, 1.54) is 11.1 Å². The van der Waals surface area contributed by atoms with E-state index in [1.54, 1.807) is 0 Å². The van der Waals surface area contributed by atoms with Crippen LogP contribution in [-0.4, -0.2) is 22.8 Å². The highest BCUT2D eigenvalue weighted by molar-refractivity contribution is 5.26. The summed E-state index contributed by atoms with van der Waals surface area (Å²) in [6.45, 7) is 4.09. The maximum atomic E-state index is 9.78. The van der Waals surface area contributed by atoms with Crippen LogP contribution in [0.1, 0.15) is 35.1 Å². The Balaban J connectivity index is 1.66. The van der Waals surface area contributed by atoms with Crippen molar-refractivity contribution in [2.24, 2.45) is 0 Å². The summed E-state index contributed by atoms with van der Waals surface area (Å²) in [6, 6.07) is 16.3. The summed E-state index contributed by atoms with van der Waals surface area (Å²) in [6.07, 6.45) is -0.687. The van der Waals surface area contributed by atoms with Gasteiger partial charge in [0.05, 0.1) is 12.8 Å². The lowest BCUT2D eigenvalue weighted by Gasteiger charge is -2.12. The van der Waals surface area contributed by atoms with Crippen LogP contribution in [0.3, 0.4) is 0 Å². The largest absolute Gasteiger partial charge is 0.367 e. The monoisotopic (exact) mass is 362 g/mol. The summed E-state index contributed by atoms with van der Waals surface area (Å²) in [5, 5.41) is 19.6. The van der Waals surface area contributed by atoms with Gasteiger partial charge in [0, 0.05) is 12.8 Å². The molecule has 0 fully saturated rings. The zero-order valence-electron chi connectivity index (χ0n) is 15.9. The summed E-state index contributed by atoms with van der Waals surface area (Å²) in [5.41, 5.74) is 4.69. The number of aliphatic hydroxyl groups excluding tert-OH is 2. The highest BCUT2D eigenvalue weighted by atomic mass is 16.7. The standard InChI is InChI=1S/C24H26O3/c1-19-11-15-21(16-12-19)7-3-5-9-23(25)27-24(26)10-6-4-8-22-17-13-20(2)14-18-22/h11-18,23-26H,7-10H2,1-2H3. The quantitative estimate of drug-likeness (QED) is 0.611. The predicted molar refractivity (Wildman–Crippen MR) is 108 cm³/mol. The first-order valence-corrected chi connectivity index (χ1v) is 9.07. The normalized spacial score (nSPS) is 12.3. The highest BCUT2D eigenvalue weighted by Gasteiger charge is 2.09. The molecule has 2 atom stereocenters. The minimum Gasteiger partial charge on any atom is -0.367 e. The predicted octanol–water partition coefficient (Wildman–Crippen LogP) is 3.53. The van der Waals surface area contributed by atoms with Crippen LogP contribution in [0, 0.1) is 37.5 Å². The second kappa shape index (κ2) is 11.2. The zero-order chi connectivity index (χ0) is 19.5. The Morgan fingerprint density at radius 2 is 1.04 bits per heavy atom. The summed E-state index contributed by atoms with van der Waals surface area (Å²) < 4.78 is 5.09. The van der Waals surface area contributed by atoms with E-state index in [0.717, 1.165) is 11.1 Å². The lowest BCUT2D eigenvalue weighted by Crippen LogP contribution is -2.20. The molecule has 0 aromatic heterocycles. The Morgan fingerprint density at radius 3 is 1.41 bits per heavy atom. The van der Waals surface area contributed by atoms with Crippen LogP contribution in [0.5, 0.6) is 0 Å². The third-order valence-electron chi connectivity index (χ3n) is 3.94. The van der Waals surface area contributed by atoms with Gasteiger partial charge in [-0.15, -0.1) is 0 Å². The third kappa shape index (κ3) is 8.58. The van der Waals surface area contributed by atoms with Crippen molar-refractivity contribution >= 4 is 0 Å². The SMILES string of the molecule is Cc1ccc(CC#CCC(O)OC(O)CC#CCc2ccc(C)cc2)cc1. The molecule has 0 aliphatic carbocycles. The van der Waals surface area contributed by atoms with E-state index in [4.69, 9.17) is 4.74 Å². The number of aryl methyl sites for hydroxylation is 2. The smallest absolute Gasteiger partial charge is 0.168 e. The number of benzene rings is 2. The molecule has 0 aliphatic rings. The topological polar surface area (TPSA) is 49.7 Å². The average Bonchev–Trinajstić information content (AvgIpc) is 2.65. The first kappa shape index (κ1) is 20.7. The lowest BCUT2D eigenvalue weighted by molar-refractivity contribution is -0.201. The van der Waals surface area contributed by atoms with Crippen molar-refractivity contribution in [3.8, 4) is 23.7 Å². The highest BCUT2D eigenvalue weighted by Crippen LogP contribution is 2.05. The molecule has 0 bridgehead atoms. The third-order valence-corrected chi connectivity index (χ3v) is 3.94. The summed E-state index contributed by atoms with van der Waals surface area (Å²) in [5.74, 6) is 11.7. The summed E-state index contributed by atoms with van der Waals surface area (Å²) in [4.78, 5) is 0. The van der Waals surface area contributed by atoms with Gasteiger partial charge in [-0.2, -0.15) is 0 Å². The first-order chi connectivity index (χ1) is 13.0. The fraction of sp³-hybridized carbons (Fsp3) is 0.333. The van der Waals surface area contributed by atoms with Crippen LogP contribution < -0.4 is 0 Å². The lowest BCUT2D eigenvalue weighted by atomic mass is 10.1. The molecule has 2 rings (SSSR count). The number of ether oxygens (including phenoxy) is 1. The van der Waals surface area contributed by atoms with Crippen molar-refractivity contribution in [1.82, 2.24) is 0 Å². The van der Waals surface area contributed by atoms with E-state index in [-0.39, 0.29) is 12.8 Å². The molecule has 0 heterocycles. The molecule has 0 aliphatic heterocycles. The molecule has 2 N–H and O–H groups in total. The molecular weight excluding hydrogens is 336 g/mol. The Labute approximate surface area is 162 Å². The molecule has 3 nitrogen and oxygen atoms in total. The number of rotatable bonds is 6. The maximum absolute atomic E-state index is 9.78. The van der Waals surface area contributed by atoms with Gasteiger partial charge in [0.1, 0.15) is 0 Å². The van der Waals surface area contributed by atoms with Crippen LogP contribution in [0.25, 0.3) is 0 Å². The molecule has 140 valence electrons. The molecule has 0 saturated heterocycles. The van der Waals surface area contributed by atoms with Gasteiger partial charge in [-0.3, -0.25) is 0 Å². The van der Waals surface area contributed by atoms with E-state index in [2.05, 4.69) is 23.7 Å². The molecule has 2 aromatic carbocycles. The fourth-order valence-electron chi connectivity index (χ4n) is 2.34. The van der Waals surface area contributed by atoms with E-state index in [9.17, 15) is 10.2 Å². The van der Waals surface area contributed by atoms with Gasteiger partial charge in [0.25, 0.3) is 0 Å². The molecule has 2 unspecified atom stereocenters. The van der Waals surface area contributed by atoms with Gasteiger partial charge in [0.2, 0.25) is 0 Å². The van der Waals surface area contributed by atoms with Gasteiger partial charge in [-0.25, -0.2) is 0 Å². The molecule has 27 heavy (non-hydrogen) atoms. The van der Waals surface area contributed by atoms with Crippen LogP contribution in [0.15, 0.2) is 48.5 Å². The number of hydrogen-bond donors (Lipinski definition) is 2.